The molecule has 8 heteroatoms. The Morgan fingerprint density at radius 1 is 0.871 bits per heavy atom. The second-order valence-electron chi connectivity index (χ2n) is 6.40. The van der Waals surface area contributed by atoms with Crippen LogP contribution < -0.4 is 20.1 Å². The fourth-order valence-corrected chi connectivity index (χ4v) is 3.60. The third-order valence-corrected chi connectivity index (χ3v) is 5.48. The van der Waals surface area contributed by atoms with E-state index in [-0.39, 0.29) is 17.6 Å². The predicted octanol–water partition coefficient (Wildman–Crippen LogP) is 5.34. The Hall–Kier alpha value is -3.16. The zero-order chi connectivity index (χ0) is 22.2. The van der Waals surface area contributed by atoms with Crippen molar-refractivity contribution in [3.8, 4) is 11.5 Å². The van der Waals surface area contributed by atoms with Crippen LogP contribution in [-0.4, -0.2) is 31.8 Å². The second kappa shape index (κ2) is 10.7. The van der Waals surface area contributed by atoms with Gasteiger partial charge in [0.25, 0.3) is 5.91 Å². The topological polar surface area (TPSA) is 76.7 Å². The van der Waals surface area contributed by atoms with Crippen molar-refractivity contribution in [3.63, 3.8) is 0 Å². The minimum absolute atomic E-state index is 0.132. The minimum atomic E-state index is -0.274. The van der Waals surface area contributed by atoms with E-state index in [2.05, 4.69) is 10.6 Å². The molecule has 0 radical (unpaired) electrons. The number of hydrogen-bond acceptors (Lipinski definition) is 5. The quantitative estimate of drug-likeness (QED) is 0.447. The lowest BCUT2D eigenvalue weighted by Gasteiger charge is -2.11. The monoisotopic (exact) mass is 456 g/mol. The number of anilines is 2. The van der Waals surface area contributed by atoms with Crippen LogP contribution in [0.25, 0.3) is 0 Å². The first-order valence-corrected chi connectivity index (χ1v) is 10.7. The molecule has 0 unspecified atom stereocenters. The van der Waals surface area contributed by atoms with Crippen LogP contribution in [-0.2, 0) is 4.79 Å². The summed E-state index contributed by atoms with van der Waals surface area (Å²) >= 11 is 7.22. The van der Waals surface area contributed by atoms with Crippen molar-refractivity contribution in [1.82, 2.24) is 0 Å². The molecule has 0 aliphatic rings. The van der Waals surface area contributed by atoms with E-state index >= 15 is 0 Å². The van der Waals surface area contributed by atoms with Gasteiger partial charge in [0.15, 0.2) is 11.5 Å². The van der Waals surface area contributed by atoms with Gasteiger partial charge in [-0.3, -0.25) is 9.59 Å². The van der Waals surface area contributed by atoms with Crippen molar-refractivity contribution in [2.24, 2.45) is 0 Å². The van der Waals surface area contributed by atoms with Crippen molar-refractivity contribution < 1.29 is 19.1 Å². The number of nitrogens with one attached hydrogen (secondary N) is 2. The second-order valence-corrected chi connectivity index (χ2v) is 7.88. The average molecular weight is 457 g/mol. The Morgan fingerprint density at radius 3 is 2.32 bits per heavy atom. The first-order chi connectivity index (χ1) is 15.0. The van der Waals surface area contributed by atoms with Gasteiger partial charge in [0.05, 0.1) is 20.0 Å². The molecule has 6 nitrogen and oxygen atoms in total. The number of hydrogen-bond donors (Lipinski definition) is 2. The molecule has 0 saturated carbocycles. The maximum atomic E-state index is 12.6. The van der Waals surface area contributed by atoms with Gasteiger partial charge in [-0.05, 0) is 60.7 Å². The van der Waals surface area contributed by atoms with Gasteiger partial charge in [-0.2, -0.15) is 0 Å². The van der Waals surface area contributed by atoms with Crippen LogP contribution in [0, 0.1) is 0 Å². The number of carbonyl (C=O) groups excluding carboxylic acids is 2. The Kier molecular flexibility index (Phi) is 7.81. The Bertz CT molecular complexity index is 1070. The lowest BCUT2D eigenvalue weighted by molar-refractivity contribution is -0.113. The zero-order valence-electron chi connectivity index (χ0n) is 17.0. The molecule has 0 bridgehead atoms. The van der Waals surface area contributed by atoms with Gasteiger partial charge in [-0.25, -0.2) is 0 Å². The number of methoxy groups -OCH3 is 2. The molecule has 2 N–H and O–H groups in total. The maximum Gasteiger partial charge on any atom is 0.255 e. The van der Waals surface area contributed by atoms with Crippen LogP contribution in [0.2, 0.25) is 5.02 Å². The lowest BCUT2D eigenvalue weighted by Crippen LogP contribution is -2.14. The Labute approximate surface area is 189 Å². The summed E-state index contributed by atoms with van der Waals surface area (Å²) in [6.07, 6.45) is 0. The third kappa shape index (κ3) is 6.41. The van der Waals surface area contributed by atoms with Gasteiger partial charge in [0, 0.05) is 26.9 Å². The first-order valence-electron chi connectivity index (χ1n) is 9.30. The molecule has 0 heterocycles. The summed E-state index contributed by atoms with van der Waals surface area (Å²) in [5.74, 6) is 0.853. The number of ether oxygens (including phenoxy) is 2. The fraction of sp³-hybridized carbons (Fsp3) is 0.130. The number of carbonyl (C=O) groups is 2. The van der Waals surface area contributed by atoms with Crippen LogP contribution in [0.3, 0.4) is 0 Å². The van der Waals surface area contributed by atoms with Crippen molar-refractivity contribution in [2.45, 2.75) is 4.90 Å². The highest BCUT2D eigenvalue weighted by Gasteiger charge is 2.12. The van der Waals surface area contributed by atoms with Crippen molar-refractivity contribution >= 4 is 46.6 Å². The van der Waals surface area contributed by atoms with Gasteiger partial charge in [0.1, 0.15) is 0 Å². The van der Waals surface area contributed by atoms with Gasteiger partial charge in [-0.15, -0.1) is 11.8 Å². The van der Waals surface area contributed by atoms with E-state index in [1.54, 1.807) is 48.5 Å². The van der Waals surface area contributed by atoms with Crippen LogP contribution >= 0.6 is 23.4 Å². The smallest absolute Gasteiger partial charge is 0.255 e. The number of benzene rings is 3. The summed E-state index contributed by atoms with van der Waals surface area (Å²) in [5.41, 5.74) is 1.76. The van der Waals surface area contributed by atoms with E-state index in [1.807, 2.05) is 18.2 Å². The van der Waals surface area contributed by atoms with Gasteiger partial charge >= 0.3 is 0 Å². The Balaban J connectivity index is 1.59. The van der Waals surface area contributed by atoms with Crippen LogP contribution in [0.4, 0.5) is 11.4 Å². The van der Waals surface area contributed by atoms with E-state index < -0.39 is 0 Å². The van der Waals surface area contributed by atoms with Crippen LogP contribution in [0.1, 0.15) is 10.4 Å². The van der Waals surface area contributed by atoms with E-state index in [0.29, 0.717) is 33.5 Å². The van der Waals surface area contributed by atoms with Crippen molar-refractivity contribution in [1.29, 1.82) is 0 Å². The molecule has 0 fully saturated rings. The molecular weight excluding hydrogens is 436 g/mol. The molecule has 160 valence electrons. The number of rotatable bonds is 8. The minimum Gasteiger partial charge on any atom is -0.493 e. The van der Waals surface area contributed by atoms with E-state index in [0.717, 1.165) is 4.90 Å². The highest BCUT2D eigenvalue weighted by Crippen LogP contribution is 2.28. The van der Waals surface area contributed by atoms with E-state index in [1.165, 1.54) is 26.0 Å². The van der Waals surface area contributed by atoms with Gasteiger partial charge in [0.2, 0.25) is 5.91 Å². The van der Waals surface area contributed by atoms with E-state index in [4.69, 9.17) is 21.1 Å². The van der Waals surface area contributed by atoms with E-state index in [9.17, 15) is 9.59 Å². The zero-order valence-corrected chi connectivity index (χ0v) is 18.5. The summed E-state index contributed by atoms with van der Waals surface area (Å²) in [7, 11) is 3.06. The average Bonchev–Trinajstić information content (AvgIpc) is 2.79. The third-order valence-electron chi connectivity index (χ3n) is 4.24. The molecule has 2 amide bonds. The first kappa shape index (κ1) is 22.5. The molecule has 0 aliphatic heterocycles. The molecule has 0 aromatic heterocycles. The summed E-state index contributed by atoms with van der Waals surface area (Å²) in [4.78, 5) is 25.6. The summed E-state index contributed by atoms with van der Waals surface area (Å²) in [6, 6.07) is 19.2. The number of halogens is 1. The molecule has 0 saturated heterocycles. The lowest BCUT2D eigenvalue weighted by atomic mass is 10.2. The molecular formula is C23H21ClN2O4S. The van der Waals surface area contributed by atoms with Crippen molar-refractivity contribution in [3.05, 3.63) is 77.3 Å². The van der Waals surface area contributed by atoms with Crippen LogP contribution in [0.5, 0.6) is 11.5 Å². The molecule has 3 aromatic carbocycles. The molecule has 3 rings (SSSR count). The number of amides is 2. The van der Waals surface area contributed by atoms with Gasteiger partial charge < -0.3 is 20.1 Å². The largest absolute Gasteiger partial charge is 0.493 e. The fourth-order valence-electron chi connectivity index (χ4n) is 2.72. The maximum absolute atomic E-state index is 12.6. The molecule has 0 atom stereocenters. The normalized spacial score (nSPS) is 10.3. The molecule has 31 heavy (non-hydrogen) atoms. The van der Waals surface area contributed by atoms with Crippen molar-refractivity contribution in [2.75, 3.05) is 30.6 Å². The highest BCUT2D eigenvalue weighted by atomic mass is 35.5. The summed E-state index contributed by atoms with van der Waals surface area (Å²) in [5, 5.41) is 6.29. The highest BCUT2D eigenvalue weighted by molar-refractivity contribution is 8.00. The molecule has 0 aliphatic carbocycles. The van der Waals surface area contributed by atoms with Crippen LogP contribution in [0.15, 0.2) is 71.6 Å². The van der Waals surface area contributed by atoms with Gasteiger partial charge in [-0.1, -0.05) is 17.7 Å². The molecule has 3 aromatic rings. The SMILES string of the molecule is COc1ccc(C(=O)Nc2cccc(SCC(=O)Nc3ccc(Cl)cc3)c2)cc1OC. The predicted molar refractivity (Wildman–Crippen MR) is 125 cm³/mol. The Morgan fingerprint density at radius 2 is 1.61 bits per heavy atom. The standard InChI is InChI=1S/C23H21ClN2O4S/c1-29-20-11-6-15(12-21(20)30-2)23(28)26-18-4-3-5-19(13-18)31-14-22(27)25-17-9-7-16(24)8-10-17/h3-13H,14H2,1-2H3,(H,25,27)(H,26,28). The summed E-state index contributed by atoms with van der Waals surface area (Å²) in [6.45, 7) is 0. The summed E-state index contributed by atoms with van der Waals surface area (Å²) < 4.78 is 10.4. The number of thioether (sulfide) groups is 1. The molecule has 0 spiro atoms.